The molecule has 0 fully saturated rings. The van der Waals surface area contributed by atoms with E-state index >= 15 is 0 Å². The van der Waals surface area contributed by atoms with Crippen LogP contribution in [0.5, 0.6) is 5.75 Å². The predicted octanol–water partition coefficient (Wildman–Crippen LogP) is 3.83. The van der Waals surface area contributed by atoms with Crippen molar-refractivity contribution in [3.8, 4) is 5.75 Å². The van der Waals surface area contributed by atoms with Crippen molar-refractivity contribution in [2.24, 2.45) is 0 Å². The fourth-order valence-corrected chi connectivity index (χ4v) is 3.03. The van der Waals surface area contributed by atoms with Crippen LogP contribution in [0.1, 0.15) is 23.6 Å². The largest absolute Gasteiger partial charge is 0.483 e. The van der Waals surface area contributed by atoms with Crippen LogP contribution in [-0.4, -0.2) is 18.4 Å². The lowest BCUT2D eigenvalue weighted by molar-refractivity contribution is -0.118. The molecule has 30 heavy (non-hydrogen) atoms. The molecular weight excluding hydrogens is 391 g/mol. The summed E-state index contributed by atoms with van der Waals surface area (Å²) in [5.41, 5.74) is 2.20. The number of hydrogen-bond acceptors (Lipinski definition) is 5. The molecule has 0 bridgehead atoms. The molecule has 3 rings (SSSR count). The van der Waals surface area contributed by atoms with E-state index in [1.54, 1.807) is 26.0 Å². The zero-order valence-electron chi connectivity index (χ0n) is 17.0. The number of anilines is 2. The van der Waals surface area contributed by atoms with Gasteiger partial charge in [-0.25, -0.2) is 9.18 Å². The summed E-state index contributed by atoms with van der Waals surface area (Å²) in [6, 6.07) is 7.42. The van der Waals surface area contributed by atoms with Crippen LogP contribution in [0, 0.1) is 26.6 Å². The number of nitrogens with one attached hydrogen (secondary N) is 2. The van der Waals surface area contributed by atoms with Gasteiger partial charge in [0.05, 0.1) is 11.1 Å². The maximum atomic E-state index is 14.0. The second-order valence-corrected chi connectivity index (χ2v) is 6.99. The van der Waals surface area contributed by atoms with Gasteiger partial charge in [-0.3, -0.25) is 9.59 Å². The Balaban J connectivity index is 1.77. The van der Waals surface area contributed by atoms with Gasteiger partial charge in [0.15, 0.2) is 6.61 Å². The van der Waals surface area contributed by atoms with E-state index in [0.717, 1.165) is 11.6 Å². The van der Waals surface area contributed by atoms with Gasteiger partial charge in [0.25, 0.3) is 5.91 Å². The molecule has 2 aromatic carbocycles. The average molecular weight is 412 g/mol. The first-order chi connectivity index (χ1) is 14.2. The molecule has 2 N–H and O–H groups in total. The summed E-state index contributed by atoms with van der Waals surface area (Å²) in [5.74, 6) is -1.15. The number of amides is 2. The van der Waals surface area contributed by atoms with Crippen LogP contribution in [0.25, 0.3) is 11.0 Å². The third-order valence-electron chi connectivity index (χ3n) is 4.58. The van der Waals surface area contributed by atoms with Gasteiger partial charge in [0, 0.05) is 18.2 Å². The maximum absolute atomic E-state index is 14.0. The van der Waals surface area contributed by atoms with Gasteiger partial charge in [-0.15, -0.1) is 0 Å². The van der Waals surface area contributed by atoms with Gasteiger partial charge in [-0.2, -0.15) is 0 Å². The summed E-state index contributed by atoms with van der Waals surface area (Å²) in [6.45, 7) is 6.22. The lowest BCUT2D eigenvalue weighted by atomic mass is 10.0. The zero-order valence-corrected chi connectivity index (χ0v) is 17.0. The van der Waals surface area contributed by atoms with E-state index in [-0.39, 0.29) is 18.0 Å². The van der Waals surface area contributed by atoms with Crippen molar-refractivity contribution in [3.05, 3.63) is 63.3 Å². The van der Waals surface area contributed by atoms with Crippen molar-refractivity contribution >= 4 is 34.2 Å². The van der Waals surface area contributed by atoms with E-state index in [0.29, 0.717) is 27.8 Å². The summed E-state index contributed by atoms with van der Waals surface area (Å²) < 4.78 is 25.0. The highest BCUT2D eigenvalue weighted by Crippen LogP contribution is 2.31. The second kappa shape index (κ2) is 8.36. The Labute approximate surface area is 171 Å². The van der Waals surface area contributed by atoms with Crippen molar-refractivity contribution in [3.63, 3.8) is 0 Å². The minimum absolute atomic E-state index is 0.0234. The zero-order chi connectivity index (χ0) is 22.0. The van der Waals surface area contributed by atoms with E-state index < -0.39 is 23.3 Å². The van der Waals surface area contributed by atoms with Crippen LogP contribution in [-0.2, 0) is 9.59 Å². The van der Waals surface area contributed by atoms with Crippen LogP contribution < -0.4 is 21.0 Å². The Morgan fingerprint density at radius 1 is 1.07 bits per heavy atom. The minimum Gasteiger partial charge on any atom is -0.483 e. The molecule has 0 unspecified atom stereocenters. The Morgan fingerprint density at radius 2 is 1.80 bits per heavy atom. The second-order valence-electron chi connectivity index (χ2n) is 6.99. The van der Waals surface area contributed by atoms with Gasteiger partial charge in [0.1, 0.15) is 17.1 Å². The molecule has 0 aliphatic rings. The molecule has 2 amide bonds. The van der Waals surface area contributed by atoms with Gasteiger partial charge >= 0.3 is 5.63 Å². The third kappa shape index (κ3) is 4.48. The number of benzene rings is 2. The highest BCUT2D eigenvalue weighted by molar-refractivity contribution is 5.94. The quantitative estimate of drug-likeness (QED) is 0.621. The summed E-state index contributed by atoms with van der Waals surface area (Å²) in [7, 11) is 0. The molecule has 0 saturated heterocycles. The van der Waals surface area contributed by atoms with Gasteiger partial charge in [-0.05, 0) is 62.2 Å². The van der Waals surface area contributed by atoms with Gasteiger partial charge in [0.2, 0.25) is 5.91 Å². The first kappa shape index (κ1) is 21.0. The Bertz CT molecular complexity index is 1220. The minimum atomic E-state index is -0.672. The molecule has 0 aliphatic heterocycles. The lowest BCUT2D eigenvalue weighted by Gasteiger charge is -2.13. The number of aryl methyl sites for hydroxylation is 2. The summed E-state index contributed by atoms with van der Waals surface area (Å²) in [6.07, 6.45) is 0. The first-order valence-corrected chi connectivity index (χ1v) is 9.20. The van der Waals surface area contributed by atoms with Crippen LogP contribution in [0.3, 0.4) is 0 Å². The van der Waals surface area contributed by atoms with E-state index in [9.17, 15) is 18.8 Å². The summed E-state index contributed by atoms with van der Waals surface area (Å²) in [5, 5.41) is 5.52. The number of carbonyl (C=O) groups excluding carboxylic acids is 2. The lowest BCUT2D eigenvalue weighted by Crippen LogP contribution is -2.20. The molecule has 0 aliphatic carbocycles. The molecular formula is C22H21FN2O5. The molecule has 156 valence electrons. The SMILES string of the molecule is CC(=O)Nc1ccc(NC(=O)COc2cc(C)cc3oc(=O)c(C)c(C)c23)cc1F. The number of rotatable bonds is 5. The fourth-order valence-electron chi connectivity index (χ4n) is 3.03. The van der Waals surface area contributed by atoms with Crippen molar-refractivity contribution < 1.29 is 23.1 Å². The number of hydrogen-bond donors (Lipinski definition) is 2. The Kier molecular flexibility index (Phi) is 5.86. The molecule has 8 heteroatoms. The average Bonchev–Trinajstić information content (AvgIpc) is 2.66. The van der Waals surface area contributed by atoms with Gasteiger partial charge < -0.3 is 19.8 Å². The number of ether oxygens (including phenoxy) is 1. The fraction of sp³-hybridized carbons (Fsp3) is 0.227. The number of halogens is 1. The molecule has 3 aromatic rings. The monoisotopic (exact) mass is 412 g/mol. The van der Waals surface area contributed by atoms with E-state index in [1.807, 2.05) is 6.92 Å². The summed E-state index contributed by atoms with van der Waals surface area (Å²) >= 11 is 0. The standard InChI is InChI=1S/C22H21FN2O5/c1-11-7-18(21-12(2)13(3)22(28)30-19(21)8-11)29-10-20(27)25-15-5-6-17(16(23)9-15)24-14(4)26/h5-9H,10H2,1-4H3,(H,24,26)(H,25,27). The van der Waals surface area contributed by atoms with Crippen LogP contribution >= 0.6 is 0 Å². The number of fused-ring (bicyclic) bond motifs is 1. The molecule has 0 atom stereocenters. The number of carbonyl (C=O) groups is 2. The Hall–Kier alpha value is -3.68. The van der Waals surface area contributed by atoms with Crippen molar-refractivity contribution in [2.75, 3.05) is 17.2 Å². The van der Waals surface area contributed by atoms with Crippen LogP contribution in [0.2, 0.25) is 0 Å². The molecule has 1 aromatic heterocycles. The highest BCUT2D eigenvalue weighted by atomic mass is 19.1. The van der Waals surface area contributed by atoms with Crippen LogP contribution in [0.15, 0.2) is 39.5 Å². The van der Waals surface area contributed by atoms with Gasteiger partial charge in [-0.1, -0.05) is 0 Å². The van der Waals surface area contributed by atoms with E-state index in [4.69, 9.17) is 9.15 Å². The molecule has 7 nitrogen and oxygen atoms in total. The van der Waals surface area contributed by atoms with E-state index in [2.05, 4.69) is 10.6 Å². The Morgan fingerprint density at radius 3 is 2.47 bits per heavy atom. The smallest absolute Gasteiger partial charge is 0.339 e. The maximum Gasteiger partial charge on any atom is 0.339 e. The molecule has 0 spiro atoms. The summed E-state index contributed by atoms with van der Waals surface area (Å²) in [4.78, 5) is 35.3. The van der Waals surface area contributed by atoms with Crippen molar-refractivity contribution in [1.82, 2.24) is 0 Å². The van der Waals surface area contributed by atoms with Crippen molar-refractivity contribution in [2.45, 2.75) is 27.7 Å². The topological polar surface area (TPSA) is 97.6 Å². The molecule has 1 heterocycles. The van der Waals surface area contributed by atoms with Crippen molar-refractivity contribution in [1.29, 1.82) is 0 Å². The molecule has 0 radical (unpaired) electrons. The predicted molar refractivity (Wildman–Crippen MR) is 112 cm³/mol. The normalized spacial score (nSPS) is 10.7. The van der Waals surface area contributed by atoms with E-state index in [1.165, 1.54) is 19.1 Å². The van der Waals surface area contributed by atoms with Crippen LogP contribution in [0.4, 0.5) is 15.8 Å². The first-order valence-electron chi connectivity index (χ1n) is 9.20. The third-order valence-corrected chi connectivity index (χ3v) is 4.58. The molecule has 0 saturated carbocycles. The highest BCUT2D eigenvalue weighted by Gasteiger charge is 2.15.